The Hall–Kier alpha value is -2.67. The van der Waals surface area contributed by atoms with Crippen molar-refractivity contribution in [2.75, 3.05) is 14.2 Å². The zero-order chi connectivity index (χ0) is 20.4. The van der Waals surface area contributed by atoms with Crippen molar-refractivity contribution < 1.29 is 14.3 Å². The predicted molar refractivity (Wildman–Crippen MR) is 113 cm³/mol. The lowest BCUT2D eigenvalue weighted by molar-refractivity contribution is -0.140. The van der Waals surface area contributed by atoms with E-state index in [1.165, 1.54) is 17.6 Å². The molecular weight excluding hydrogens is 388 g/mol. The number of thiophene rings is 1. The average molecular weight is 413 g/mol. The van der Waals surface area contributed by atoms with Crippen LogP contribution in [-0.4, -0.2) is 29.7 Å². The van der Waals surface area contributed by atoms with Crippen LogP contribution in [0.3, 0.4) is 0 Å². The number of ether oxygens (including phenoxy) is 2. The standard InChI is InChI=1S/C22H24N2O4S/c1-27-16-9-4-3-7-14(16)13-18-23-21-20(15-8-5-10-17(15)29-21)22(26)24(18)12-6-11-19(25)28-2/h3-4,7,9H,5-6,8,10-13H2,1-2H3. The monoisotopic (exact) mass is 412 g/mol. The molecule has 1 aliphatic rings. The number of carbonyl (C=O) groups excluding carboxylic acids is 1. The summed E-state index contributed by atoms with van der Waals surface area (Å²) in [6.07, 6.45) is 4.37. The number of aryl methyl sites for hydroxylation is 2. The fourth-order valence-corrected chi connectivity index (χ4v) is 5.26. The van der Waals surface area contributed by atoms with Crippen molar-refractivity contribution in [3.05, 3.63) is 56.4 Å². The molecule has 7 heteroatoms. The summed E-state index contributed by atoms with van der Waals surface area (Å²) in [6, 6.07) is 7.78. The second-order valence-corrected chi connectivity index (χ2v) is 8.27. The maximum Gasteiger partial charge on any atom is 0.305 e. The van der Waals surface area contributed by atoms with Gasteiger partial charge in [0.25, 0.3) is 5.56 Å². The molecule has 0 saturated heterocycles. The molecule has 29 heavy (non-hydrogen) atoms. The molecule has 0 amide bonds. The lowest BCUT2D eigenvalue weighted by Crippen LogP contribution is -2.26. The van der Waals surface area contributed by atoms with Crippen LogP contribution < -0.4 is 10.3 Å². The van der Waals surface area contributed by atoms with Gasteiger partial charge in [0.1, 0.15) is 16.4 Å². The average Bonchev–Trinajstić information content (AvgIpc) is 3.31. The van der Waals surface area contributed by atoms with E-state index in [4.69, 9.17) is 14.5 Å². The Balaban J connectivity index is 1.77. The van der Waals surface area contributed by atoms with Crippen LogP contribution in [0.1, 0.15) is 41.1 Å². The van der Waals surface area contributed by atoms with Gasteiger partial charge in [-0.05, 0) is 37.3 Å². The van der Waals surface area contributed by atoms with Crippen molar-refractivity contribution in [2.45, 2.75) is 45.1 Å². The van der Waals surface area contributed by atoms with Crippen molar-refractivity contribution in [1.82, 2.24) is 9.55 Å². The van der Waals surface area contributed by atoms with Crippen LogP contribution in [0.25, 0.3) is 10.2 Å². The minimum Gasteiger partial charge on any atom is -0.496 e. The predicted octanol–water partition coefficient (Wildman–Crippen LogP) is 3.50. The first-order chi connectivity index (χ1) is 14.1. The molecule has 0 saturated carbocycles. The van der Waals surface area contributed by atoms with Crippen LogP contribution in [0.5, 0.6) is 5.75 Å². The number of hydrogen-bond donors (Lipinski definition) is 0. The smallest absolute Gasteiger partial charge is 0.305 e. The number of rotatable bonds is 7. The molecule has 1 aromatic carbocycles. The van der Waals surface area contributed by atoms with Gasteiger partial charge in [0.2, 0.25) is 0 Å². The van der Waals surface area contributed by atoms with Crippen molar-refractivity contribution >= 4 is 27.5 Å². The van der Waals surface area contributed by atoms with E-state index < -0.39 is 0 Å². The van der Waals surface area contributed by atoms with Crippen LogP contribution in [0, 0.1) is 0 Å². The third-order valence-corrected chi connectivity index (χ3v) is 6.62. The zero-order valence-electron chi connectivity index (χ0n) is 16.7. The first-order valence-electron chi connectivity index (χ1n) is 9.85. The quantitative estimate of drug-likeness (QED) is 0.556. The van der Waals surface area contributed by atoms with Gasteiger partial charge < -0.3 is 9.47 Å². The van der Waals surface area contributed by atoms with E-state index in [1.807, 2.05) is 24.3 Å². The highest BCUT2D eigenvalue weighted by atomic mass is 32.1. The number of aromatic nitrogens is 2. The van der Waals surface area contributed by atoms with Crippen LogP contribution in [-0.2, 0) is 35.3 Å². The lowest BCUT2D eigenvalue weighted by Gasteiger charge is -2.14. The number of fused-ring (bicyclic) bond motifs is 3. The number of benzene rings is 1. The second kappa shape index (κ2) is 8.37. The van der Waals surface area contributed by atoms with Gasteiger partial charge in [-0.15, -0.1) is 11.3 Å². The second-order valence-electron chi connectivity index (χ2n) is 7.19. The molecular formula is C22H24N2O4S. The molecule has 2 aromatic heterocycles. The molecule has 3 aromatic rings. The number of hydrogen-bond acceptors (Lipinski definition) is 6. The van der Waals surface area contributed by atoms with Crippen LogP contribution in [0.2, 0.25) is 0 Å². The largest absolute Gasteiger partial charge is 0.496 e. The Labute approximate surface area is 173 Å². The van der Waals surface area contributed by atoms with E-state index in [1.54, 1.807) is 23.0 Å². The van der Waals surface area contributed by atoms with Gasteiger partial charge >= 0.3 is 5.97 Å². The van der Waals surface area contributed by atoms with E-state index in [2.05, 4.69) is 0 Å². The topological polar surface area (TPSA) is 70.4 Å². The number of methoxy groups -OCH3 is 2. The summed E-state index contributed by atoms with van der Waals surface area (Å²) in [6.45, 7) is 0.436. The normalized spacial score (nSPS) is 12.9. The summed E-state index contributed by atoms with van der Waals surface area (Å²) in [4.78, 5) is 32.0. The van der Waals surface area contributed by atoms with E-state index in [0.29, 0.717) is 25.2 Å². The molecule has 152 valence electrons. The molecule has 6 nitrogen and oxygen atoms in total. The fourth-order valence-electron chi connectivity index (χ4n) is 3.99. The highest BCUT2D eigenvalue weighted by molar-refractivity contribution is 7.18. The third kappa shape index (κ3) is 3.79. The molecule has 4 rings (SSSR count). The molecule has 0 N–H and O–H groups in total. The summed E-state index contributed by atoms with van der Waals surface area (Å²) < 4.78 is 12.0. The molecule has 2 heterocycles. The molecule has 0 atom stereocenters. The van der Waals surface area contributed by atoms with E-state index in [0.717, 1.165) is 40.8 Å². The Morgan fingerprint density at radius 1 is 1.24 bits per heavy atom. The molecule has 0 bridgehead atoms. The molecule has 0 unspecified atom stereocenters. The maximum absolute atomic E-state index is 13.4. The van der Waals surface area contributed by atoms with Crippen molar-refractivity contribution in [2.24, 2.45) is 0 Å². The SMILES string of the molecule is COC(=O)CCCn1c(Cc2ccccc2OC)nc2sc3c(c2c1=O)CCC3. The Kier molecular flexibility index (Phi) is 5.67. The van der Waals surface area contributed by atoms with Crippen molar-refractivity contribution in [3.63, 3.8) is 0 Å². The summed E-state index contributed by atoms with van der Waals surface area (Å²) in [5.74, 6) is 1.21. The van der Waals surface area contributed by atoms with Crippen molar-refractivity contribution in [1.29, 1.82) is 0 Å². The van der Waals surface area contributed by atoms with Crippen molar-refractivity contribution in [3.8, 4) is 5.75 Å². The highest BCUT2D eigenvalue weighted by Crippen LogP contribution is 2.35. The zero-order valence-corrected chi connectivity index (χ0v) is 17.5. The third-order valence-electron chi connectivity index (χ3n) is 5.44. The summed E-state index contributed by atoms with van der Waals surface area (Å²) in [7, 11) is 3.02. The molecule has 0 fully saturated rings. The summed E-state index contributed by atoms with van der Waals surface area (Å²) in [5, 5.41) is 0.768. The van der Waals surface area contributed by atoms with Crippen LogP contribution in [0.15, 0.2) is 29.1 Å². The van der Waals surface area contributed by atoms with Gasteiger partial charge in [-0.25, -0.2) is 4.98 Å². The maximum atomic E-state index is 13.4. The summed E-state index contributed by atoms with van der Waals surface area (Å²) >= 11 is 1.65. The van der Waals surface area contributed by atoms with E-state index >= 15 is 0 Å². The van der Waals surface area contributed by atoms with Gasteiger partial charge in [-0.2, -0.15) is 0 Å². The molecule has 0 spiro atoms. The van der Waals surface area contributed by atoms with Gasteiger partial charge in [0.05, 0.1) is 19.6 Å². The Bertz CT molecular complexity index is 1120. The minimum atomic E-state index is -0.269. The first-order valence-corrected chi connectivity index (χ1v) is 10.7. The highest BCUT2D eigenvalue weighted by Gasteiger charge is 2.23. The van der Waals surface area contributed by atoms with Crippen LogP contribution in [0.4, 0.5) is 0 Å². The number of nitrogens with zero attached hydrogens (tertiary/aromatic N) is 2. The lowest BCUT2D eigenvalue weighted by atomic mass is 10.1. The minimum absolute atomic E-state index is 0.00386. The number of para-hydroxylation sites is 1. The van der Waals surface area contributed by atoms with Gasteiger partial charge in [-0.3, -0.25) is 14.2 Å². The fraction of sp³-hybridized carbons (Fsp3) is 0.409. The van der Waals surface area contributed by atoms with E-state index in [9.17, 15) is 9.59 Å². The molecule has 1 aliphatic carbocycles. The number of esters is 1. The molecule has 0 aliphatic heterocycles. The molecule has 0 radical (unpaired) electrons. The Morgan fingerprint density at radius 2 is 2.07 bits per heavy atom. The first kappa shape index (κ1) is 19.6. The van der Waals surface area contributed by atoms with E-state index in [-0.39, 0.29) is 17.9 Å². The summed E-state index contributed by atoms with van der Waals surface area (Å²) in [5.41, 5.74) is 2.16. The van der Waals surface area contributed by atoms with Gasteiger partial charge in [0.15, 0.2) is 0 Å². The Morgan fingerprint density at radius 3 is 2.86 bits per heavy atom. The van der Waals surface area contributed by atoms with Crippen LogP contribution >= 0.6 is 11.3 Å². The van der Waals surface area contributed by atoms with Gasteiger partial charge in [0, 0.05) is 29.8 Å². The van der Waals surface area contributed by atoms with Gasteiger partial charge in [-0.1, -0.05) is 18.2 Å². The number of carbonyl (C=O) groups is 1.